The third kappa shape index (κ3) is 6.01. The van der Waals surface area contributed by atoms with Gasteiger partial charge in [-0.3, -0.25) is 9.59 Å². The average Bonchev–Trinajstić information content (AvgIpc) is 3.31. The summed E-state index contributed by atoms with van der Waals surface area (Å²) in [6.07, 6.45) is 5.13. The van der Waals surface area contributed by atoms with Crippen molar-refractivity contribution in [3.63, 3.8) is 0 Å². The molecule has 2 heterocycles. The molecule has 0 saturated carbocycles. The Hall–Kier alpha value is -2.51. The van der Waals surface area contributed by atoms with Crippen LogP contribution in [-0.4, -0.2) is 47.5 Å². The second-order valence-corrected chi connectivity index (χ2v) is 7.30. The van der Waals surface area contributed by atoms with Gasteiger partial charge in [-0.15, -0.1) is 11.3 Å². The number of aryl methyl sites for hydroxylation is 1. The Bertz CT molecular complexity index is 798. The lowest BCUT2D eigenvalue weighted by Crippen LogP contribution is -2.41. The van der Waals surface area contributed by atoms with Gasteiger partial charge in [0, 0.05) is 24.6 Å². The molecule has 0 aliphatic carbocycles. The molecule has 1 unspecified atom stereocenters. The van der Waals surface area contributed by atoms with Gasteiger partial charge in [0.2, 0.25) is 11.8 Å². The molecule has 0 spiro atoms. The maximum atomic E-state index is 12.7. The molecule has 6 nitrogen and oxygen atoms in total. The fourth-order valence-electron chi connectivity index (χ4n) is 2.85. The van der Waals surface area contributed by atoms with E-state index in [2.05, 4.69) is 10.3 Å². The van der Waals surface area contributed by atoms with Gasteiger partial charge in [0.15, 0.2) is 5.13 Å². The highest BCUT2D eigenvalue weighted by molar-refractivity contribution is 7.13. The summed E-state index contributed by atoms with van der Waals surface area (Å²) in [5, 5.41) is 5.17. The lowest BCUT2D eigenvalue weighted by molar-refractivity contribution is -0.131. The Morgan fingerprint density at radius 2 is 2.19 bits per heavy atom. The number of ether oxygens (including phenoxy) is 1. The van der Waals surface area contributed by atoms with Gasteiger partial charge in [0.1, 0.15) is 6.54 Å². The number of carbonyl (C=O) groups is 2. The Labute approximate surface area is 162 Å². The highest BCUT2D eigenvalue weighted by Gasteiger charge is 2.23. The van der Waals surface area contributed by atoms with Crippen LogP contribution >= 0.6 is 11.3 Å². The molecule has 142 valence electrons. The third-order valence-corrected chi connectivity index (χ3v) is 5.05. The Morgan fingerprint density at radius 1 is 1.37 bits per heavy atom. The van der Waals surface area contributed by atoms with Crippen molar-refractivity contribution in [2.45, 2.75) is 25.9 Å². The molecule has 1 aromatic heterocycles. The van der Waals surface area contributed by atoms with E-state index < -0.39 is 0 Å². The highest BCUT2D eigenvalue weighted by atomic mass is 32.1. The Kier molecular flexibility index (Phi) is 6.73. The van der Waals surface area contributed by atoms with E-state index in [9.17, 15) is 9.59 Å². The molecule has 1 aromatic carbocycles. The van der Waals surface area contributed by atoms with Crippen LogP contribution in [0.15, 0.2) is 41.8 Å². The Balaban J connectivity index is 1.64. The average molecular weight is 385 g/mol. The number of hydrogen-bond donors (Lipinski definition) is 1. The van der Waals surface area contributed by atoms with Crippen molar-refractivity contribution in [1.82, 2.24) is 9.88 Å². The molecule has 1 aliphatic rings. The van der Waals surface area contributed by atoms with Gasteiger partial charge < -0.3 is 15.0 Å². The molecule has 1 fully saturated rings. The van der Waals surface area contributed by atoms with Crippen LogP contribution in [0.25, 0.3) is 6.08 Å². The number of nitrogens with zero attached hydrogens (tertiary/aromatic N) is 2. The predicted octanol–water partition coefficient (Wildman–Crippen LogP) is 3.11. The van der Waals surface area contributed by atoms with Crippen molar-refractivity contribution in [2.24, 2.45) is 0 Å². The number of aromatic nitrogens is 1. The summed E-state index contributed by atoms with van der Waals surface area (Å²) in [5.74, 6) is -0.469. The van der Waals surface area contributed by atoms with Crippen molar-refractivity contribution < 1.29 is 14.3 Å². The van der Waals surface area contributed by atoms with E-state index in [-0.39, 0.29) is 24.5 Å². The second-order valence-electron chi connectivity index (χ2n) is 6.44. The lowest BCUT2D eigenvalue weighted by Gasteiger charge is -2.23. The topological polar surface area (TPSA) is 71.5 Å². The molecular formula is C20H23N3O3S. The first kappa shape index (κ1) is 19.3. The van der Waals surface area contributed by atoms with Crippen LogP contribution in [0.2, 0.25) is 0 Å². The summed E-state index contributed by atoms with van der Waals surface area (Å²) in [6.45, 7) is 2.95. The van der Waals surface area contributed by atoms with Crippen molar-refractivity contribution in [2.75, 3.05) is 25.0 Å². The van der Waals surface area contributed by atoms with Crippen molar-refractivity contribution in [3.8, 4) is 0 Å². The van der Waals surface area contributed by atoms with Crippen LogP contribution in [0, 0.1) is 6.92 Å². The number of anilines is 1. The van der Waals surface area contributed by atoms with E-state index in [1.807, 2.05) is 42.6 Å². The number of benzene rings is 1. The summed E-state index contributed by atoms with van der Waals surface area (Å²) in [4.78, 5) is 30.8. The maximum Gasteiger partial charge on any atom is 0.247 e. The zero-order valence-electron chi connectivity index (χ0n) is 15.3. The molecular weight excluding hydrogens is 362 g/mol. The van der Waals surface area contributed by atoms with E-state index in [4.69, 9.17) is 4.74 Å². The largest absolute Gasteiger partial charge is 0.376 e. The molecule has 2 aromatic rings. The van der Waals surface area contributed by atoms with Crippen molar-refractivity contribution in [3.05, 3.63) is 53.0 Å². The predicted molar refractivity (Wildman–Crippen MR) is 107 cm³/mol. The number of hydrogen-bond acceptors (Lipinski definition) is 5. The van der Waals surface area contributed by atoms with Crippen molar-refractivity contribution >= 4 is 34.4 Å². The molecule has 3 rings (SSSR count). The van der Waals surface area contributed by atoms with Crippen LogP contribution in [0.5, 0.6) is 0 Å². The summed E-state index contributed by atoms with van der Waals surface area (Å²) >= 11 is 1.37. The molecule has 0 radical (unpaired) electrons. The summed E-state index contributed by atoms with van der Waals surface area (Å²) < 4.78 is 5.64. The number of rotatable bonds is 7. The summed E-state index contributed by atoms with van der Waals surface area (Å²) in [5.41, 5.74) is 1.79. The minimum absolute atomic E-state index is 0.0195. The van der Waals surface area contributed by atoms with Crippen molar-refractivity contribution in [1.29, 1.82) is 0 Å². The molecule has 2 amide bonds. The second kappa shape index (κ2) is 9.43. The fourth-order valence-corrected chi connectivity index (χ4v) is 3.55. The SMILES string of the molecule is Cc1csc(NC(=O)CN(CC2CCCO2)C(=O)/C=C/c2ccccc2)n1. The van der Waals surface area contributed by atoms with Gasteiger partial charge in [0.25, 0.3) is 0 Å². The maximum absolute atomic E-state index is 12.7. The molecule has 1 atom stereocenters. The standard InChI is InChI=1S/C20H23N3O3S/c1-15-14-27-20(21-15)22-18(24)13-23(12-17-8-5-11-26-17)19(25)10-9-16-6-3-2-4-7-16/h2-4,6-7,9-10,14,17H,5,8,11-13H2,1H3,(H,21,22,24)/b10-9+. The molecule has 27 heavy (non-hydrogen) atoms. The Morgan fingerprint density at radius 3 is 2.85 bits per heavy atom. The number of thiazole rings is 1. The van der Waals surface area contributed by atoms with E-state index in [0.29, 0.717) is 18.3 Å². The smallest absolute Gasteiger partial charge is 0.247 e. The van der Waals surface area contributed by atoms with Gasteiger partial charge >= 0.3 is 0 Å². The number of carbonyl (C=O) groups excluding carboxylic acids is 2. The first-order chi connectivity index (χ1) is 13.1. The van der Waals surface area contributed by atoms with Crippen LogP contribution in [-0.2, 0) is 14.3 Å². The molecule has 1 saturated heterocycles. The van der Waals surface area contributed by atoms with E-state index in [0.717, 1.165) is 24.1 Å². The van der Waals surface area contributed by atoms with Crippen LogP contribution in [0.4, 0.5) is 5.13 Å². The minimum Gasteiger partial charge on any atom is -0.376 e. The molecule has 1 N–H and O–H groups in total. The third-order valence-electron chi connectivity index (χ3n) is 4.18. The van der Waals surface area contributed by atoms with E-state index >= 15 is 0 Å². The lowest BCUT2D eigenvalue weighted by atomic mass is 10.2. The summed E-state index contributed by atoms with van der Waals surface area (Å²) in [7, 11) is 0. The van der Waals surface area contributed by atoms with Gasteiger partial charge in [-0.05, 0) is 31.4 Å². The quantitative estimate of drug-likeness (QED) is 0.744. The molecule has 1 aliphatic heterocycles. The first-order valence-electron chi connectivity index (χ1n) is 8.96. The zero-order valence-corrected chi connectivity index (χ0v) is 16.1. The monoisotopic (exact) mass is 385 g/mol. The summed E-state index contributed by atoms with van der Waals surface area (Å²) in [6, 6.07) is 9.60. The van der Waals surface area contributed by atoms with E-state index in [1.165, 1.54) is 22.3 Å². The first-order valence-corrected chi connectivity index (χ1v) is 9.84. The van der Waals surface area contributed by atoms with Crippen LogP contribution in [0.1, 0.15) is 24.1 Å². The van der Waals surface area contributed by atoms with Crippen LogP contribution < -0.4 is 5.32 Å². The van der Waals surface area contributed by atoms with Gasteiger partial charge in [-0.2, -0.15) is 0 Å². The highest BCUT2D eigenvalue weighted by Crippen LogP contribution is 2.16. The van der Waals surface area contributed by atoms with Crippen LogP contribution in [0.3, 0.4) is 0 Å². The minimum atomic E-state index is -0.260. The van der Waals surface area contributed by atoms with Gasteiger partial charge in [0.05, 0.1) is 11.8 Å². The number of amides is 2. The molecule has 0 bridgehead atoms. The van der Waals surface area contributed by atoms with Gasteiger partial charge in [-0.25, -0.2) is 4.98 Å². The normalized spacial score (nSPS) is 16.6. The van der Waals surface area contributed by atoms with Gasteiger partial charge in [-0.1, -0.05) is 30.3 Å². The fraction of sp³-hybridized carbons (Fsp3) is 0.350. The number of nitrogens with one attached hydrogen (secondary N) is 1. The zero-order chi connectivity index (χ0) is 19.1. The van der Waals surface area contributed by atoms with E-state index in [1.54, 1.807) is 6.08 Å². The molecule has 7 heteroatoms.